The molecule has 31 heavy (non-hydrogen) atoms. The third-order valence-corrected chi connectivity index (χ3v) is 7.08. The molecule has 3 aromatic carbocycles. The molecule has 3 nitrogen and oxygen atoms in total. The molecule has 0 N–H and O–H groups in total. The molecule has 1 aliphatic heterocycles. The predicted molar refractivity (Wildman–Crippen MR) is 130 cm³/mol. The maximum absolute atomic E-state index is 9.20. The van der Waals surface area contributed by atoms with Crippen molar-refractivity contribution in [2.24, 2.45) is 0 Å². The van der Waals surface area contributed by atoms with Gasteiger partial charge in [0, 0.05) is 16.3 Å². The van der Waals surface area contributed by atoms with E-state index in [2.05, 4.69) is 84.6 Å². The van der Waals surface area contributed by atoms with Crippen LogP contribution in [0.5, 0.6) is 0 Å². The molecule has 0 bridgehead atoms. The van der Waals surface area contributed by atoms with Crippen molar-refractivity contribution in [2.45, 2.75) is 22.6 Å². The minimum absolute atomic E-state index is 0.724. The van der Waals surface area contributed by atoms with Gasteiger partial charge in [0.15, 0.2) is 0 Å². The molecule has 0 amide bonds. The summed E-state index contributed by atoms with van der Waals surface area (Å²) in [4.78, 5) is 7.36. The molecule has 0 aromatic heterocycles. The molecule has 4 heteroatoms. The Bertz CT molecular complexity index is 1220. The van der Waals surface area contributed by atoms with Crippen molar-refractivity contribution < 1.29 is 0 Å². The number of nitrogens with zero attached hydrogens (tertiary/aromatic N) is 3. The standard InChI is InChI=1S/C27H25N3S/c1-29(2)12-5-13-30-24-6-3-4-7-26(24)31-27-17-21(10-11-25(27)30)23-15-20-9-8-19(18-28)14-22(20)16-23/h3-4,6-11,14,16-17H,5,12-13,15H2,1-2H3. The Kier molecular flexibility index (Phi) is 5.31. The minimum atomic E-state index is 0.724. The summed E-state index contributed by atoms with van der Waals surface area (Å²) in [5, 5.41) is 9.20. The van der Waals surface area contributed by atoms with Crippen molar-refractivity contribution in [3.05, 3.63) is 82.9 Å². The zero-order chi connectivity index (χ0) is 21.4. The van der Waals surface area contributed by atoms with E-state index in [9.17, 15) is 5.26 Å². The highest BCUT2D eigenvalue weighted by Gasteiger charge is 2.24. The fraction of sp³-hybridized carbons (Fsp3) is 0.222. The number of hydrogen-bond donors (Lipinski definition) is 0. The highest BCUT2D eigenvalue weighted by atomic mass is 32.2. The van der Waals surface area contributed by atoms with E-state index in [1.54, 1.807) is 0 Å². The predicted octanol–water partition coefficient (Wildman–Crippen LogP) is 6.21. The molecule has 1 heterocycles. The van der Waals surface area contributed by atoms with E-state index in [0.29, 0.717) is 0 Å². The van der Waals surface area contributed by atoms with Gasteiger partial charge >= 0.3 is 0 Å². The normalized spacial score (nSPS) is 14.0. The van der Waals surface area contributed by atoms with Gasteiger partial charge in [-0.15, -0.1) is 0 Å². The lowest BCUT2D eigenvalue weighted by Gasteiger charge is -2.33. The van der Waals surface area contributed by atoms with Crippen LogP contribution in [0.15, 0.2) is 70.5 Å². The van der Waals surface area contributed by atoms with Crippen LogP contribution < -0.4 is 4.90 Å². The second-order valence-electron chi connectivity index (χ2n) is 8.43. The van der Waals surface area contributed by atoms with E-state index in [0.717, 1.165) is 31.5 Å². The molecular weight excluding hydrogens is 398 g/mol. The van der Waals surface area contributed by atoms with Crippen molar-refractivity contribution in [3.63, 3.8) is 0 Å². The van der Waals surface area contributed by atoms with Crippen molar-refractivity contribution in [1.29, 1.82) is 5.26 Å². The van der Waals surface area contributed by atoms with Gasteiger partial charge < -0.3 is 9.80 Å². The molecule has 5 rings (SSSR count). The van der Waals surface area contributed by atoms with Crippen LogP contribution in [0.1, 0.15) is 28.7 Å². The van der Waals surface area contributed by atoms with Gasteiger partial charge in [0.2, 0.25) is 0 Å². The summed E-state index contributed by atoms with van der Waals surface area (Å²) < 4.78 is 0. The summed E-state index contributed by atoms with van der Waals surface area (Å²) in [7, 11) is 4.26. The summed E-state index contributed by atoms with van der Waals surface area (Å²) in [5.41, 5.74) is 8.41. The molecule has 0 saturated carbocycles. The van der Waals surface area contributed by atoms with Crippen LogP contribution in [0.25, 0.3) is 11.6 Å². The van der Waals surface area contributed by atoms with E-state index in [1.807, 2.05) is 23.9 Å². The van der Waals surface area contributed by atoms with Crippen molar-refractivity contribution in [2.75, 3.05) is 32.1 Å². The number of hydrogen-bond acceptors (Lipinski definition) is 4. The Morgan fingerprint density at radius 1 is 1.00 bits per heavy atom. The summed E-state index contributed by atoms with van der Waals surface area (Å²) >= 11 is 1.87. The molecule has 0 saturated heterocycles. The number of para-hydroxylation sites is 1. The van der Waals surface area contributed by atoms with Gasteiger partial charge in [0.25, 0.3) is 0 Å². The average Bonchev–Trinajstić information content (AvgIpc) is 3.21. The van der Waals surface area contributed by atoms with E-state index in [4.69, 9.17) is 0 Å². The van der Waals surface area contributed by atoms with Gasteiger partial charge in [-0.25, -0.2) is 0 Å². The third kappa shape index (κ3) is 3.87. The first-order valence-electron chi connectivity index (χ1n) is 10.7. The number of benzene rings is 3. The second-order valence-corrected chi connectivity index (χ2v) is 9.52. The van der Waals surface area contributed by atoms with Gasteiger partial charge in [-0.3, -0.25) is 0 Å². The van der Waals surface area contributed by atoms with Crippen molar-refractivity contribution in [3.8, 4) is 6.07 Å². The van der Waals surface area contributed by atoms with Crippen LogP contribution in [0.2, 0.25) is 0 Å². The Morgan fingerprint density at radius 2 is 1.84 bits per heavy atom. The molecule has 0 spiro atoms. The lowest BCUT2D eigenvalue weighted by Crippen LogP contribution is -2.25. The van der Waals surface area contributed by atoms with E-state index in [-0.39, 0.29) is 0 Å². The molecule has 0 fully saturated rings. The third-order valence-electron chi connectivity index (χ3n) is 5.97. The van der Waals surface area contributed by atoms with Crippen LogP contribution >= 0.6 is 11.8 Å². The first kappa shape index (κ1) is 19.9. The number of nitriles is 1. The lowest BCUT2D eigenvalue weighted by atomic mass is 10.0. The molecule has 0 radical (unpaired) electrons. The molecule has 3 aromatic rings. The number of anilines is 2. The van der Waals surface area contributed by atoms with Crippen LogP contribution in [0.3, 0.4) is 0 Å². The van der Waals surface area contributed by atoms with Crippen LogP contribution in [-0.4, -0.2) is 32.1 Å². The second kappa shape index (κ2) is 8.26. The summed E-state index contributed by atoms with van der Waals surface area (Å²) in [6.45, 7) is 2.09. The summed E-state index contributed by atoms with van der Waals surface area (Å²) in [6, 6.07) is 23.9. The zero-order valence-electron chi connectivity index (χ0n) is 17.9. The van der Waals surface area contributed by atoms with Gasteiger partial charge in [-0.2, -0.15) is 5.26 Å². The van der Waals surface area contributed by atoms with Crippen molar-refractivity contribution >= 4 is 34.8 Å². The molecule has 0 unspecified atom stereocenters. The highest BCUT2D eigenvalue weighted by Crippen LogP contribution is 2.49. The highest BCUT2D eigenvalue weighted by molar-refractivity contribution is 7.99. The number of allylic oxidation sites excluding steroid dienone is 1. The fourth-order valence-electron chi connectivity index (χ4n) is 4.41. The van der Waals surface area contributed by atoms with E-state index in [1.165, 1.54) is 43.4 Å². The van der Waals surface area contributed by atoms with Gasteiger partial charge in [0.1, 0.15) is 0 Å². The average molecular weight is 424 g/mol. The SMILES string of the molecule is CN(C)CCCN1c2ccccc2Sc2cc(C3=Cc4cc(C#N)ccc4C3)ccc21. The first-order chi connectivity index (χ1) is 15.1. The Hall–Kier alpha value is -3.00. The Morgan fingerprint density at radius 3 is 2.68 bits per heavy atom. The molecule has 0 atom stereocenters. The molecular formula is C27H25N3S. The minimum Gasteiger partial charge on any atom is -0.340 e. The molecule has 154 valence electrons. The lowest BCUT2D eigenvalue weighted by molar-refractivity contribution is 0.402. The van der Waals surface area contributed by atoms with Gasteiger partial charge in [-0.1, -0.05) is 42.1 Å². The van der Waals surface area contributed by atoms with E-state index < -0.39 is 0 Å². The fourth-order valence-corrected chi connectivity index (χ4v) is 5.54. The quantitative estimate of drug-likeness (QED) is 0.488. The Balaban J connectivity index is 1.47. The summed E-state index contributed by atoms with van der Waals surface area (Å²) in [5.74, 6) is 0. The topological polar surface area (TPSA) is 30.3 Å². The number of rotatable bonds is 5. The maximum atomic E-state index is 9.20. The largest absolute Gasteiger partial charge is 0.340 e. The zero-order valence-corrected chi connectivity index (χ0v) is 18.7. The van der Waals surface area contributed by atoms with Crippen LogP contribution in [0.4, 0.5) is 11.4 Å². The van der Waals surface area contributed by atoms with Crippen LogP contribution in [0, 0.1) is 11.3 Å². The Labute approximate surface area is 188 Å². The van der Waals surface area contributed by atoms with Crippen molar-refractivity contribution in [1.82, 2.24) is 4.90 Å². The smallest absolute Gasteiger partial charge is 0.0991 e. The molecule has 2 aliphatic rings. The van der Waals surface area contributed by atoms with Gasteiger partial charge in [-0.05, 0) is 92.1 Å². The first-order valence-corrected chi connectivity index (χ1v) is 11.5. The van der Waals surface area contributed by atoms with Crippen LogP contribution in [-0.2, 0) is 6.42 Å². The van der Waals surface area contributed by atoms with Gasteiger partial charge in [0.05, 0.1) is 23.0 Å². The number of fused-ring (bicyclic) bond motifs is 3. The monoisotopic (exact) mass is 423 g/mol. The van der Waals surface area contributed by atoms with E-state index >= 15 is 0 Å². The summed E-state index contributed by atoms with van der Waals surface area (Å²) in [6.07, 6.45) is 4.29. The molecule has 1 aliphatic carbocycles. The maximum Gasteiger partial charge on any atom is 0.0991 e.